The molecule has 4 aromatic carbocycles. The van der Waals surface area contributed by atoms with Gasteiger partial charge in [-0.2, -0.15) is 0 Å². The molecule has 0 saturated carbocycles. The summed E-state index contributed by atoms with van der Waals surface area (Å²) in [5, 5.41) is 1.80. The largest absolute Gasteiger partial charge is 0.494 e. The number of fused-ring (bicyclic) bond motifs is 1. The zero-order valence-electron chi connectivity index (χ0n) is 31.2. The number of hydrogen-bond acceptors (Lipinski definition) is 10. The topological polar surface area (TPSA) is 124 Å². The first-order chi connectivity index (χ1) is 26.2. The summed E-state index contributed by atoms with van der Waals surface area (Å²) in [6.45, 7) is 8.65. The second-order valence-corrected chi connectivity index (χ2v) is 12.7. The predicted octanol–water partition coefficient (Wildman–Crippen LogP) is 9.48. The van der Waals surface area contributed by atoms with Gasteiger partial charge in [0.25, 0.3) is 0 Å². The summed E-state index contributed by atoms with van der Waals surface area (Å²) in [5.74, 6) is -0.376. The van der Waals surface area contributed by atoms with E-state index in [-0.39, 0.29) is 23.0 Å². The van der Waals surface area contributed by atoms with Crippen molar-refractivity contribution >= 4 is 40.7 Å². The summed E-state index contributed by atoms with van der Waals surface area (Å²) in [7, 11) is 1.45. The van der Waals surface area contributed by atoms with Crippen molar-refractivity contribution in [2.45, 2.75) is 65.2 Å². The van der Waals surface area contributed by atoms with Crippen molar-refractivity contribution in [2.24, 2.45) is 0 Å². The van der Waals surface area contributed by atoms with Crippen molar-refractivity contribution in [1.29, 1.82) is 0 Å². The lowest BCUT2D eigenvalue weighted by Crippen LogP contribution is -2.10. The first-order valence-corrected chi connectivity index (χ1v) is 18.2. The number of hydrogen-bond donors (Lipinski definition) is 0. The minimum Gasteiger partial charge on any atom is -0.494 e. The van der Waals surface area contributed by atoms with E-state index in [2.05, 4.69) is 6.58 Å². The number of rotatable bonds is 21. The number of ether oxygens (including phenoxy) is 6. The fourth-order valence-electron chi connectivity index (χ4n) is 5.22. The summed E-state index contributed by atoms with van der Waals surface area (Å²) < 4.78 is 32.7. The van der Waals surface area contributed by atoms with Gasteiger partial charge < -0.3 is 28.4 Å². The molecule has 0 heterocycles. The molecule has 0 aliphatic heterocycles. The third-order valence-electron chi connectivity index (χ3n) is 8.28. The van der Waals surface area contributed by atoms with Gasteiger partial charge in [-0.15, -0.1) is 0 Å². The van der Waals surface area contributed by atoms with Crippen LogP contribution in [0.4, 0.5) is 0 Å². The molecule has 0 spiro atoms. The van der Waals surface area contributed by atoms with Crippen molar-refractivity contribution in [3.8, 4) is 23.0 Å². The zero-order chi connectivity index (χ0) is 38.7. The summed E-state index contributed by atoms with van der Waals surface area (Å²) in [6.07, 6.45) is 10.7. The molecule has 0 radical (unpaired) electrons. The molecule has 10 nitrogen and oxygen atoms in total. The van der Waals surface area contributed by atoms with Crippen molar-refractivity contribution in [1.82, 2.24) is 0 Å². The molecule has 0 aliphatic rings. The van der Waals surface area contributed by atoms with E-state index in [1.165, 1.54) is 37.5 Å². The minimum absolute atomic E-state index is 0.205. The fraction of sp³-hybridized carbons (Fsp3) is 0.318. The first kappa shape index (κ1) is 40.9. The highest BCUT2D eigenvalue weighted by molar-refractivity contribution is 5.97. The van der Waals surface area contributed by atoms with E-state index in [1.807, 2.05) is 31.2 Å². The van der Waals surface area contributed by atoms with E-state index in [4.69, 9.17) is 28.4 Å². The molecular weight excluding hydrogens is 688 g/mol. The summed E-state index contributed by atoms with van der Waals surface area (Å²) >= 11 is 0. The van der Waals surface area contributed by atoms with Crippen molar-refractivity contribution < 1.29 is 47.6 Å². The van der Waals surface area contributed by atoms with Crippen molar-refractivity contribution in [3.05, 3.63) is 114 Å². The standard InChI is InChI=1S/C44H48O10/c1-5-6-25-51-41(45)24-14-32-13-23-39(40(28-32)49-4)54-43(47)33-17-20-37(21-18-33)53-44(48)36-16-15-35-30-38(22-19-34(35)29-36)50-26-11-9-7-8-10-12-27-52-42(46)31(2)3/h13-24,28-30H,2,5-12,25-27H2,1,3-4H3/b24-14+. The molecular formula is C44H48O10. The SMILES string of the molecule is C=C(C)C(=O)OCCCCCCCCOc1ccc2cc(C(=O)Oc3ccc(C(=O)Oc4ccc(/C=C/C(=O)OCCCC)cc4OC)cc3)ccc2c1. The highest BCUT2D eigenvalue weighted by Gasteiger charge is 2.15. The van der Waals surface area contributed by atoms with Gasteiger partial charge in [0, 0.05) is 11.6 Å². The molecule has 0 N–H and O–H groups in total. The van der Waals surface area contributed by atoms with Crippen LogP contribution in [0.15, 0.2) is 97.1 Å². The van der Waals surface area contributed by atoms with E-state index in [0.717, 1.165) is 67.9 Å². The molecule has 0 saturated heterocycles. The number of unbranched alkanes of at least 4 members (excludes halogenated alkanes) is 6. The maximum atomic E-state index is 13.0. The smallest absolute Gasteiger partial charge is 0.343 e. The first-order valence-electron chi connectivity index (χ1n) is 18.2. The van der Waals surface area contributed by atoms with Crippen LogP contribution in [0.3, 0.4) is 0 Å². The third kappa shape index (κ3) is 13.3. The molecule has 0 aliphatic carbocycles. The highest BCUT2D eigenvalue weighted by atomic mass is 16.6. The van der Waals surface area contributed by atoms with Crippen LogP contribution in [0, 0.1) is 0 Å². The molecule has 0 bridgehead atoms. The maximum Gasteiger partial charge on any atom is 0.343 e. The van der Waals surface area contributed by atoms with Gasteiger partial charge in [0.1, 0.15) is 11.5 Å². The Morgan fingerprint density at radius 1 is 0.630 bits per heavy atom. The third-order valence-corrected chi connectivity index (χ3v) is 8.28. The lowest BCUT2D eigenvalue weighted by molar-refractivity contribution is -0.139. The number of methoxy groups -OCH3 is 1. The van der Waals surface area contributed by atoms with Gasteiger partial charge >= 0.3 is 23.9 Å². The Kier molecular flexibility index (Phi) is 16.3. The van der Waals surface area contributed by atoms with Crippen LogP contribution in [0.2, 0.25) is 0 Å². The normalized spacial score (nSPS) is 10.9. The Morgan fingerprint density at radius 3 is 1.98 bits per heavy atom. The van der Waals surface area contributed by atoms with E-state index < -0.39 is 17.9 Å². The second kappa shape index (κ2) is 21.6. The van der Waals surface area contributed by atoms with Gasteiger partial charge in [-0.25, -0.2) is 19.2 Å². The quantitative estimate of drug-likeness (QED) is 0.0354. The highest BCUT2D eigenvalue weighted by Crippen LogP contribution is 2.30. The van der Waals surface area contributed by atoms with E-state index in [1.54, 1.807) is 43.3 Å². The summed E-state index contributed by atoms with van der Waals surface area (Å²) in [4.78, 5) is 49.1. The van der Waals surface area contributed by atoms with Crippen LogP contribution in [-0.2, 0) is 19.1 Å². The van der Waals surface area contributed by atoms with E-state index >= 15 is 0 Å². The molecule has 0 fully saturated rings. The van der Waals surface area contributed by atoms with Crippen LogP contribution in [-0.4, -0.2) is 50.8 Å². The molecule has 4 rings (SSSR count). The molecule has 0 atom stereocenters. The van der Waals surface area contributed by atoms with Crippen LogP contribution in [0.25, 0.3) is 16.8 Å². The van der Waals surface area contributed by atoms with Crippen LogP contribution < -0.4 is 18.9 Å². The molecule has 10 heteroatoms. The molecule has 54 heavy (non-hydrogen) atoms. The number of benzene rings is 4. The second-order valence-electron chi connectivity index (χ2n) is 12.7. The van der Waals surface area contributed by atoms with Crippen molar-refractivity contribution in [3.63, 3.8) is 0 Å². The number of carbonyl (C=O) groups is 4. The molecule has 0 aromatic heterocycles. The number of esters is 4. The van der Waals surface area contributed by atoms with Gasteiger partial charge in [0.15, 0.2) is 11.5 Å². The Balaban J connectivity index is 1.21. The average Bonchev–Trinajstić information content (AvgIpc) is 3.18. The van der Waals surface area contributed by atoms with Gasteiger partial charge in [-0.05, 0) is 109 Å². The Bertz CT molecular complexity index is 1930. The lowest BCUT2D eigenvalue weighted by atomic mass is 10.1. The Labute approximate surface area is 316 Å². The van der Waals surface area contributed by atoms with Crippen molar-refractivity contribution in [2.75, 3.05) is 26.9 Å². The minimum atomic E-state index is -0.626. The average molecular weight is 737 g/mol. The molecule has 284 valence electrons. The monoisotopic (exact) mass is 736 g/mol. The molecule has 4 aromatic rings. The molecule has 0 unspecified atom stereocenters. The van der Waals surface area contributed by atoms with Gasteiger partial charge in [0.2, 0.25) is 0 Å². The summed E-state index contributed by atoms with van der Waals surface area (Å²) in [6, 6.07) is 22.0. The maximum absolute atomic E-state index is 13.0. The van der Waals surface area contributed by atoms with Gasteiger partial charge in [-0.3, -0.25) is 0 Å². The van der Waals surface area contributed by atoms with Crippen LogP contribution in [0.5, 0.6) is 23.0 Å². The fourth-order valence-corrected chi connectivity index (χ4v) is 5.22. The van der Waals surface area contributed by atoms with Gasteiger partial charge in [-0.1, -0.05) is 63.8 Å². The number of carbonyl (C=O) groups excluding carboxylic acids is 4. The lowest BCUT2D eigenvalue weighted by Gasteiger charge is -2.11. The Hall–Kier alpha value is -5.90. The van der Waals surface area contributed by atoms with E-state index in [9.17, 15) is 19.2 Å². The summed E-state index contributed by atoms with van der Waals surface area (Å²) in [5.41, 5.74) is 1.72. The van der Waals surface area contributed by atoms with Crippen LogP contribution >= 0.6 is 0 Å². The van der Waals surface area contributed by atoms with E-state index in [0.29, 0.717) is 42.3 Å². The molecule has 0 amide bonds. The Morgan fingerprint density at radius 2 is 1.26 bits per heavy atom. The predicted molar refractivity (Wildman–Crippen MR) is 207 cm³/mol. The van der Waals surface area contributed by atoms with Crippen LogP contribution in [0.1, 0.15) is 91.5 Å². The van der Waals surface area contributed by atoms with Gasteiger partial charge in [0.05, 0.1) is 38.1 Å². The zero-order valence-corrected chi connectivity index (χ0v) is 31.2.